The first-order chi connectivity index (χ1) is 13.8. The standard InChI is InChI=1S/C21H27N5O2/c27-21(20-15-19(3-8-23-20)26-11-13-28-14-12-26)24-18-4-9-25(10-5-18)16-17-1-6-22-7-2-17/h1-3,6-8,15,18H,4-5,9-14,16H2,(H,24,27). The Balaban J connectivity index is 1.28. The second kappa shape index (κ2) is 9.12. The van der Waals surface area contributed by atoms with Crippen molar-refractivity contribution in [3.05, 3.63) is 54.1 Å². The van der Waals surface area contributed by atoms with Crippen molar-refractivity contribution in [2.24, 2.45) is 0 Å². The molecule has 1 amide bonds. The summed E-state index contributed by atoms with van der Waals surface area (Å²) in [7, 11) is 0. The van der Waals surface area contributed by atoms with E-state index in [1.165, 1.54) is 5.56 Å². The molecule has 2 saturated heterocycles. The number of anilines is 1. The fraction of sp³-hybridized carbons (Fsp3) is 0.476. The number of carbonyl (C=O) groups is 1. The molecule has 0 saturated carbocycles. The van der Waals surface area contributed by atoms with E-state index in [4.69, 9.17) is 4.74 Å². The van der Waals surface area contributed by atoms with E-state index >= 15 is 0 Å². The molecule has 0 aromatic carbocycles. The van der Waals surface area contributed by atoms with E-state index in [1.807, 2.05) is 24.5 Å². The van der Waals surface area contributed by atoms with Gasteiger partial charge in [-0.25, -0.2) is 0 Å². The van der Waals surface area contributed by atoms with Crippen LogP contribution in [0.15, 0.2) is 42.9 Å². The van der Waals surface area contributed by atoms with Gasteiger partial charge in [-0.3, -0.25) is 19.7 Å². The molecule has 0 aliphatic carbocycles. The molecule has 2 aliphatic heterocycles. The zero-order valence-electron chi connectivity index (χ0n) is 16.1. The summed E-state index contributed by atoms with van der Waals surface area (Å²) < 4.78 is 5.40. The van der Waals surface area contributed by atoms with Gasteiger partial charge in [0.25, 0.3) is 5.91 Å². The van der Waals surface area contributed by atoms with Crippen molar-refractivity contribution >= 4 is 11.6 Å². The first-order valence-corrected chi connectivity index (χ1v) is 9.99. The van der Waals surface area contributed by atoms with Crippen molar-refractivity contribution < 1.29 is 9.53 Å². The van der Waals surface area contributed by atoms with E-state index < -0.39 is 0 Å². The fourth-order valence-electron chi connectivity index (χ4n) is 3.80. The molecule has 2 aliphatic rings. The van der Waals surface area contributed by atoms with Crippen LogP contribution in [-0.4, -0.2) is 66.2 Å². The number of nitrogens with one attached hydrogen (secondary N) is 1. The summed E-state index contributed by atoms with van der Waals surface area (Å²) in [6, 6.07) is 8.16. The molecule has 28 heavy (non-hydrogen) atoms. The number of nitrogens with zero attached hydrogens (tertiary/aromatic N) is 4. The Kier molecular flexibility index (Phi) is 6.14. The molecular formula is C21H27N5O2. The van der Waals surface area contributed by atoms with Crippen LogP contribution in [0.1, 0.15) is 28.9 Å². The Morgan fingerprint density at radius 1 is 1.07 bits per heavy atom. The van der Waals surface area contributed by atoms with Gasteiger partial charge in [-0.1, -0.05) is 0 Å². The summed E-state index contributed by atoms with van der Waals surface area (Å²) >= 11 is 0. The number of morpholine rings is 1. The topological polar surface area (TPSA) is 70.6 Å². The lowest BCUT2D eigenvalue weighted by Gasteiger charge is -2.32. The number of hydrogen-bond donors (Lipinski definition) is 1. The molecule has 0 bridgehead atoms. The molecule has 148 valence electrons. The number of piperidine rings is 1. The van der Waals surface area contributed by atoms with Gasteiger partial charge in [0.05, 0.1) is 13.2 Å². The highest BCUT2D eigenvalue weighted by molar-refractivity contribution is 5.93. The van der Waals surface area contributed by atoms with Crippen LogP contribution in [0.2, 0.25) is 0 Å². The van der Waals surface area contributed by atoms with Crippen molar-refractivity contribution in [1.82, 2.24) is 20.2 Å². The zero-order chi connectivity index (χ0) is 19.2. The van der Waals surface area contributed by atoms with Crippen LogP contribution in [0.5, 0.6) is 0 Å². The van der Waals surface area contributed by atoms with Gasteiger partial charge in [0.1, 0.15) is 5.69 Å². The average Bonchev–Trinajstić information content (AvgIpc) is 2.76. The number of likely N-dealkylation sites (tertiary alicyclic amines) is 1. The second-order valence-electron chi connectivity index (χ2n) is 7.38. The van der Waals surface area contributed by atoms with Crippen LogP contribution < -0.4 is 10.2 Å². The third kappa shape index (κ3) is 4.85. The molecule has 4 rings (SSSR count). The Hall–Kier alpha value is -2.51. The highest BCUT2D eigenvalue weighted by Crippen LogP contribution is 2.17. The summed E-state index contributed by atoms with van der Waals surface area (Å²) in [6.45, 7) is 6.04. The first kappa shape index (κ1) is 18.8. The number of amides is 1. The zero-order valence-corrected chi connectivity index (χ0v) is 16.1. The lowest BCUT2D eigenvalue weighted by atomic mass is 10.0. The highest BCUT2D eigenvalue weighted by atomic mass is 16.5. The molecule has 0 radical (unpaired) electrons. The molecule has 0 spiro atoms. The van der Waals surface area contributed by atoms with E-state index in [-0.39, 0.29) is 11.9 Å². The molecule has 2 fully saturated rings. The van der Waals surface area contributed by atoms with Gasteiger partial charge < -0.3 is 15.0 Å². The van der Waals surface area contributed by atoms with Crippen molar-refractivity contribution in [3.8, 4) is 0 Å². The summed E-state index contributed by atoms with van der Waals surface area (Å²) in [5, 5.41) is 3.17. The Morgan fingerprint density at radius 2 is 1.82 bits per heavy atom. The molecule has 7 nitrogen and oxygen atoms in total. The van der Waals surface area contributed by atoms with Crippen molar-refractivity contribution in [3.63, 3.8) is 0 Å². The number of aromatic nitrogens is 2. The Bertz CT molecular complexity index is 771. The fourth-order valence-corrected chi connectivity index (χ4v) is 3.80. The number of carbonyl (C=O) groups excluding carboxylic acids is 1. The van der Waals surface area contributed by atoms with Crippen LogP contribution >= 0.6 is 0 Å². The summed E-state index contributed by atoms with van der Waals surface area (Å²) in [4.78, 5) is 25.7. The van der Waals surface area contributed by atoms with Gasteiger partial charge in [-0.05, 0) is 42.7 Å². The van der Waals surface area contributed by atoms with Gasteiger partial charge in [-0.2, -0.15) is 0 Å². The Morgan fingerprint density at radius 3 is 2.57 bits per heavy atom. The number of rotatable bonds is 5. The van der Waals surface area contributed by atoms with Gasteiger partial charge in [-0.15, -0.1) is 0 Å². The second-order valence-corrected chi connectivity index (χ2v) is 7.38. The van der Waals surface area contributed by atoms with Crippen molar-refractivity contribution in [2.45, 2.75) is 25.4 Å². The van der Waals surface area contributed by atoms with Gasteiger partial charge in [0, 0.05) is 63.0 Å². The minimum absolute atomic E-state index is 0.0808. The quantitative estimate of drug-likeness (QED) is 0.850. The maximum atomic E-state index is 12.7. The van der Waals surface area contributed by atoms with E-state index in [9.17, 15) is 4.79 Å². The van der Waals surface area contributed by atoms with E-state index in [0.29, 0.717) is 5.69 Å². The van der Waals surface area contributed by atoms with E-state index in [1.54, 1.807) is 6.20 Å². The van der Waals surface area contributed by atoms with Crippen LogP contribution in [0.25, 0.3) is 0 Å². The van der Waals surface area contributed by atoms with E-state index in [2.05, 4.69) is 37.2 Å². The molecule has 7 heteroatoms. The van der Waals surface area contributed by atoms with Crippen LogP contribution in [-0.2, 0) is 11.3 Å². The van der Waals surface area contributed by atoms with E-state index in [0.717, 1.165) is 64.5 Å². The van der Waals surface area contributed by atoms with Crippen molar-refractivity contribution in [1.29, 1.82) is 0 Å². The minimum atomic E-state index is -0.0808. The monoisotopic (exact) mass is 381 g/mol. The summed E-state index contributed by atoms with van der Waals surface area (Å²) in [5.74, 6) is -0.0808. The third-order valence-corrected chi connectivity index (χ3v) is 5.43. The van der Waals surface area contributed by atoms with Crippen LogP contribution in [0, 0.1) is 0 Å². The molecule has 1 N–H and O–H groups in total. The largest absolute Gasteiger partial charge is 0.378 e. The first-order valence-electron chi connectivity index (χ1n) is 9.99. The van der Waals surface area contributed by atoms with Gasteiger partial charge in [0.2, 0.25) is 0 Å². The molecule has 4 heterocycles. The number of pyridine rings is 2. The Labute approximate surface area is 165 Å². The third-order valence-electron chi connectivity index (χ3n) is 5.43. The molecular weight excluding hydrogens is 354 g/mol. The lowest BCUT2D eigenvalue weighted by Crippen LogP contribution is -2.44. The number of ether oxygens (including phenoxy) is 1. The lowest BCUT2D eigenvalue weighted by molar-refractivity contribution is 0.0904. The van der Waals surface area contributed by atoms with Crippen LogP contribution in [0.4, 0.5) is 5.69 Å². The summed E-state index contributed by atoms with van der Waals surface area (Å²) in [6.07, 6.45) is 7.30. The average molecular weight is 381 g/mol. The molecule has 0 unspecified atom stereocenters. The van der Waals surface area contributed by atoms with Gasteiger partial charge in [0.15, 0.2) is 0 Å². The predicted octanol–water partition coefficient (Wildman–Crippen LogP) is 1.71. The van der Waals surface area contributed by atoms with Crippen LogP contribution in [0.3, 0.4) is 0 Å². The molecule has 2 aromatic heterocycles. The SMILES string of the molecule is O=C(NC1CCN(Cc2ccncc2)CC1)c1cc(N2CCOCC2)ccn1. The van der Waals surface area contributed by atoms with Gasteiger partial charge >= 0.3 is 0 Å². The highest BCUT2D eigenvalue weighted by Gasteiger charge is 2.22. The van der Waals surface area contributed by atoms with Crippen molar-refractivity contribution in [2.75, 3.05) is 44.3 Å². The maximum Gasteiger partial charge on any atom is 0.270 e. The molecule has 2 aromatic rings. The maximum absolute atomic E-state index is 12.7. The summed E-state index contributed by atoms with van der Waals surface area (Å²) in [5.41, 5.74) is 2.81. The minimum Gasteiger partial charge on any atom is -0.378 e. The normalized spacial score (nSPS) is 18.8. The predicted molar refractivity (Wildman–Crippen MR) is 107 cm³/mol. The number of hydrogen-bond acceptors (Lipinski definition) is 6. The molecule has 0 atom stereocenters. The smallest absolute Gasteiger partial charge is 0.270 e.